The molecule has 0 N–H and O–H groups in total. The lowest BCUT2D eigenvalue weighted by Crippen LogP contribution is -2.13. The molecule has 154 valence electrons. The van der Waals surface area contributed by atoms with E-state index in [2.05, 4.69) is 0 Å². The van der Waals surface area contributed by atoms with E-state index >= 15 is 0 Å². The fourth-order valence-electron chi connectivity index (χ4n) is 2.36. The van der Waals surface area contributed by atoms with Crippen molar-refractivity contribution in [1.29, 1.82) is 0 Å². The first kappa shape index (κ1) is 22.1. The highest BCUT2D eigenvalue weighted by atomic mass is 32.2. The van der Waals surface area contributed by atoms with Crippen molar-refractivity contribution in [3.05, 3.63) is 59.2 Å². The van der Waals surface area contributed by atoms with Crippen LogP contribution in [0, 0.1) is 0 Å². The van der Waals surface area contributed by atoms with Crippen molar-refractivity contribution in [2.24, 2.45) is 0 Å². The van der Waals surface area contributed by atoms with Crippen molar-refractivity contribution in [3.63, 3.8) is 0 Å². The summed E-state index contributed by atoms with van der Waals surface area (Å²) in [6, 6.07) is 8.85. The number of ether oxygens (including phenoxy) is 2. The van der Waals surface area contributed by atoms with E-state index in [1.54, 1.807) is 13.8 Å². The molecule has 2 aromatic carbocycles. The smallest absolute Gasteiger partial charge is 0.339 e. The van der Waals surface area contributed by atoms with Crippen LogP contribution in [-0.4, -0.2) is 39.4 Å². The lowest BCUT2D eigenvalue weighted by Gasteiger charge is -2.11. The molecule has 0 radical (unpaired) electrons. The molecule has 0 saturated carbocycles. The topological polar surface area (TPSA) is 113 Å². The first-order chi connectivity index (χ1) is 13.7. The van der Waals surface area contributed by atoms with Crippen LogP contribution in [0.3, 0.4) is 0 Å². The van der Waals surface area contributed by atoms with E-state index in [-0.39, 0.29) is 46.3 Å². The van der Waals surface area contributed by atoms with Gasteiger partial charge in [0.15, 0.2) is 5.78 Å². The summed E-state index contributed by atoms with van der Waals surface area (Å²) in [5.41, 5.74) is 0.0577. The first-order valence-corrected chi connectivity index (χ1v) is 10.1. The summed E-state index contributed by atoms with van der Waals surface area (Å²) in [4.78, 5) is 35.4. The van der Waals surface area contributed by atoms with E-state index in [1.807, 2.05) is 0 Å². The predicted molar refractivity (Wildman–Crippen MR) is 103 cm³/mol. The fourth-order valence-corrected chi connectivity index (χ4v) is 3.32. The molecule has 2 rings (SSSR count). The number of benzene rings is 2. The molecule has 0 saturated heterocycles. The highest BCUT2D eigenvalue weighted by Gasteiger charge is 2.21. The maximum Gasteiger partial charge on any atom is 0.339 e. The number of carbonyl (C=O) groups excluding carboxylic acids is 3. The maximum absolute atomic E-state index is 12.6. The molecule has 0 amide bonds. The molecule has 2 aromatic rings. The molecule has 9 heteroatoms. The predicted octanol–water partition coefficient (Wildman–Crippen LogP) is 3.01. The summed E-state index contributed by atoms with van der Waals surface area (Å²) in [5.74, 6) is -2.08. The Bertz CT molecular complexity index is 1000. The lowest BCUT2D eigenvalue weighted by molar-refractivity contribution is 0.0524. The van der Waals surface area contributed by atoms with Crippen LogP contribution in [0.15, 0.2) is 47.4 Å². The van der Waals surface area contributed by atoms with Crippen molar-refractivity contribution in [2.75, 3.05) is 13.2 Å². The van der Waals surface area contributed by atoms with Crippen LogP contribution in [0.4, 0.5) is 0 Å². The molecule has 0 aliphatic rings. The van der Waals surface area contributed by atoms with E-state index < -0.39 is 22.1 Å². The van der Waals surface area contributed by atoms with Gasteiger partial charge in [0.05, 0.1) is 24.3 Å². The fraction of sp³-hybridized carbons (Fsp3) is 0.250. The van der Waals surface area contributed by atoms with Crippen molar-refractivity contribution in [3.8, 4) is 5.75 Å². The first-order valence-electron chi connectivity index (χ1n) is 8.72. The number of hydrogen-bond donors (Lipinski definition) is 0. The molecule has 0 aliphatic heterocycles. The minimum atomic E-state index is -4.34. The lowest BCUT2D eigenvalue weighted by atomic mass is 10.1. The largest absolute Gasteiger partial charge is 0.462 e. The Morgan fingerprint density at radius 1 is 0.828 bits per heavy atom. The van der Waals surface area contributed by atoms with Gasteiger partial charge in [0.2, 0.25) is 0 Å². The van der Waals surface area contributed by atoms with Gasteiger partial charge in [0, 0.05) is 5.56 Å². The standard InChI is InChI=1S/C20H20O8S/c1-4-26-19(22)15-9-16(20(23)27-5-2)11-17(10-15)28-29(24,25)18-8-6-7-14(12-18)13(3)21/h6-12H,4-5H2,1-3H3. The van der Waals surface area contributed by atoms with Gasteiger partial charge in [-0.15, -0.1) is 0 Å². The molecule has 0 aliphatic carbocycles. The van der Waals surface area contributed by atoms with E-state index in [0.717, 1.165) is 12.1 Å². The third-order valence-electron chi connectivity index (χ3n) is 3.66. The Morgan fingerprint density at radius 3 is 1.86 bits per heavy atom. The van der Waals surface area contributed by atoms with Crippen molar-refractivity contribution in [2.45, 2.75) is 25.7 Å². The molecule has 0 heterocycles. The van der Waals surface area contributed by atoms with E-state index in [9.17, 15) is 22.8 Å². The van der Waals surface area contributed by atoms with Gasteiger partial charge in [-0.3, -0.25) is 4.79 Å². The number of carbonyl (C=O) groups is 3. The van der Waals surface area contributed by atoms with Gasteiger partial charge < -0.3 is 13.7 Å². The molecular formula is C20H20O8S. The maximum atomic E-state index is 12.6. The molecule has 0 atom stereocenters. The monoisotopic (exact) mass is 420 g/mol. The summed E-state index contributed by atoms with van der Waals surface area (Å²) in [6.07, 6.45) is 0. The van der Waals surface area contributed by atoms with Crippen LogP contribution >= 0.6 is 0 Å². The number of esters is 2. The van der Waals surface area contributed by atoms with Crippen LogP contribution in [0.25, 0.3) is 0 Å². The minimum Gasteiger partial charge on any atom is -0.462 e. The zero-order valence-corrected chi connectivity index (χ0v) is 16.9. The molecule has 29 heavy (non-hydrogen) atoms. The van der Waals surface area contributed by atoms with Crippen LogP contribution in [0.1, 0.15) is 51.8 Å². The van der Waals surface area contributed by atoms with Gasteiger partial charge in [-0.25, -0.2) is 9.59 Å². The Kier molecular flexibility index (Phi) is 7.11. The normalized spacial score (nSPS) is 10.9. The minimum absolute atomic E-state index is 0.0694. The van der Waals surface area contributed by atoms with Gasteiger partial charge in [0.1, 0.15) is 10.6 Å². The van der Waals surface area contributed by atoms with Crippen LogP contribution in [-0.2, 0) is 19.6 Å². The van der Waals surface area contributed by atoms with Crippen LogP contribution in [0.5, 0.6) is 5.75 Å². The molecule has 0 aromatic heterocycles. The van der Waals surface area contributed by atoms with Crippen molar-refractivity contribution >= 4 is 27.8 Å². The summed E-state index contributed by atoms with van der Waals surface area (Å²) >= 11 is 0. The average Bonchev–Trinajstić information content (AvgIpc) is 2.68. The molecule has 8 nitrogen and oxygen atoms in total. The number of rotatable bonds is 8. The van der Waals surface area contributed by atoms with E-state index in [0.29, 0.717) is 0 Å². The zero-order valence-electron chi connectivity index (χ0n) is 16.1. The SMILES string of the molecule is CCOC(=O)c1cc(OS(=O)(=O)c2cccc(C(C)=O)c2)cc(C(=O)OCC)c1. The Hall–Kier alpha value is -3.20. The van der Waals surface area contributed by atoms with Gasteiger partial charge in [-0.2, -0.15) is 8.42 Å². The Labute approximate surface area is 168 Å². The van der Waals surface area contributed by atoms with Crippen LogP contribution in [0.2, 0.25) is 0 Å². The van der Waals surface area contributed by atoms with Gasteiger partial charge >= 0.3 is 22.1 Å². The van der Waals surface area contributed by atoms with Gasteiger partial charge in [0.25, 0.3) is 0 Å². The summed E-state index contributed by atoms with van der Waals surface area (Å²) in [7, 11) is -4.34. The second kappa shape index (κ2) is 9.33. The van der Waals surface area contributed by atoms with Crippen LogP contribution < -0.4 is 4.18 Å². The number of ketones is 1. The van der Waals surface area contributed by atoms with Gasteiger partial charge in [-0.05, 0) is 51.1 Å². The molecular weight excluding hydrogens is 400 g/mol. The molecule has 0 unspecified atom stereocenters. The van der Waals surface area contributed by atoms with Crippen molar-refractivity contribution in [1.82, 2.24) is 0 Å². The second-order valence-corrected chi connectivity index (χ2v) is 7.35. The van der Waals surface area contributed by atoms with Crippen molar-refractivity contribution < 1.29 is 36.5 Å². The second-order valence-electron chi connectivity index (χ2n) is 5.81. The molecule has 0 spiro atoms. The third kappa shape index (κ3) is 5.64. The number of hydrogen-bond acceptors (Lipinski definition) is 8. The summed E-state index contributed by atoms with van der Waals surface area (Å²) < 4.78 is 40.2. The highest BCUT2D eigenvalue weighted by molar-refractivity contribution is 7.87. The molecule has 0 bridgehead atoms. The summed E-state index contributed by atoms with van der Waals surface area (Å²) in [6.45, 7) is 4.71. The highest BCUT2D eigenvalue weighted by Crippen LogP contribution is 2.24. The summed E-state index contributed by atoms with van der Waals surface area (Å²) in [5, 5.41) is 0. The quantitative estimate of drug-likeness (QED) is 0.364. The average molecular weight is 420 g/mol. The van der Waals surface area contributed by atoms with E-state index in [1.165, 1.54) is 37.3 Å². The number of Topliss-reactive ketones (excluding diaryl/α,β-unsaturated/α-hetero) is 1. The Morgan fingerprint density at radius 2 is 1.38 bits per heavy atom. The van der Waals surface area contributed by atoms with Gasteiger partial charge in [-0.1, -0.05) is 12.1 Å². The molecule has 0 fully saturated rings. The third-order valence-corrected chi connectivity index (χ3v) is 4.91. The Balaban J connectivity index is 2.46. The zero-order chi connectivity index (χ0) is 21.6. The van der Waals surface area contributed by atoms with E-state index in [4.69, 9.17) is 13.7 Å².